The van der Waals surface area contributed by atoms with E-state index in [1.54, 1.807) is 0 Å². The summed E-state index contributed by atoms with van der Waals surface area (Å²) >= 11 is 0.860. The number of hydroxylamine groups is 1. The minimum Gasteiger partial charge on any atom is -0.481 e. The number of nitro benzene ring substituents is 1. The predicted molar refractivity (Wildman–Crippen MR) is 157 cm³/mol. The summed E-state index contributed by atoms with van der Waals surface area (Å²) in [4.78, 5) is 95.1. The minimum absolute atomic E-state index is 0.000362. The molecule has 0 bridgehead atoms. The SMILES string of the molecule is C#CC#COONCCCCC1NC(=O)C(CCC(=O)O)NC(=O)c2cc([N+](=O)[O-])ccc2SC[C@@H](C(=O)NCC(=O)O)NC1=O. The number of aliphatic carboxylic acids is 2. The number of nitro groups is 1. The highest BCUT2D eigenvalue weighted by molar-refractivity contribution is 7.99. The van der Waals surface area contributed by atoms with Crippen LogP contribution in [0.25, 0.3) is 0 Å². The van der Waals surface area contributed by atoms with Crippen molar-refractivity contribution in [1.82, 2.24) is 26.7 Å². The van der Waals surface area contributed by atoms with Crippen LogP contribution >= 0.6 is 11.8 Å². The molecule has 3 atom stereocenters. The number of carbonyl (C=O) groups excluding carboxylic acids is 4. The van der Waals surface area contributed by atoms with Crippen molar-refractivity contribution >= 4 is 53.0 Å². The van der Waals surface area contributed by atoms with Gasteiger partial charge in [0.05, 0.1) is 10.5 Å². The van der Waals surface area contributed by atoms with Crippen molar-refractivity contribution in [2.75, 3.05) is 18.8 Å². The molecule has 2 rings (SSSR count). The number of hydrogen-bond acceptors (Lipinski definition) is 12. The van der Waals surface area contributed by atoms with Gasteiger partial charge in [-0.15, -0.1) is 18.2 Å². The van der Waals surface area contributed by atoms with E-state index in [0.717, 1.165) is 23.9 Å². The van der Waals surface area contributed by atoms with Gasteiger partial charge in [0, 0.05) is 41.7 Å². The highest BCUT2D eigenvalue weighted by Crippen LogP contribution is 2.28. The Kier molecular flexibility index (Phi) is 15.3. The van der Waals surface area contributed by atoms with Gasteiger partial charge in [0.15, 0.2) is 6.11 Å². The summed E-state index contributed by atoms with van der Waals surface area (Å²) in [6.07, 6.45) is 6.73. The average Bonchev–Trinajstić information content (AvgIpc) is 3.01. The summed E-state index contributed by atoms with van der Waals surface area (Å²) in [5.41, 5.74) is 1.73. The number of nitrogens with one attached hydrogen (secondary N) is 5. The zero-order valence-electron chi connectivity index (χ0n) is 24.0. The van der Waals surface area contributed by atoms with Gasteiger partial charge in [0.1, 0.15) is 24.7 Å². The number of terminal acetylenes is 1. The van der Waals surface area contributed by atoms with Crippen LogP contribution in [-0.4, -0.2) is 87.7 Å². The molecule has 46 heavy (non-hydrogen) atoms. The highest BCUT2D eigenvalue weighted by Gasteiger charge is 2.32. The number of hydrogen-bond donors (Lipinski definition) is 7. The van der Waals surface area contributed by atoms with Crippen LogP contribution in [0.15, 0.2) is 23.1 Å². The summed E-state index contributed by atoms with van der Waals surface area (Å²) in [5.74, 6) is -2.29. The molecule has 0 fully saturated rings. The van der Waals surface area contributed by atoms with E-state index in [1.165, 1.54) is 6.07 Å². The monoisotopic (exact) mass is 662 g/mol. The van der Waals surface area contributed by atoms with Crippen LogP contribution < -0.4 is 26.7 Å². The molecule has 19 heteroatoms. The van der Waals surface area contributed by atoms with E-state index in [2.05, 4.69) is 48.7 Å². The molecule has 1 aromatic carbocycles. The molecular formula is C27H30N6O12S. The Morgan fingerprint density at radius 3 is 2.46 bits per heavy atom. The van der Waals surface area contributed by atoms with E-state index in [9.17, 15) is 44.0 Å². The molecule has 1 aliphatic rings. The van der Waals surface area contributed by atoms with Crippen molar-refractivity contribution in [2.24, 2.45) is 0 Å². The molecule has 1 heterocycles. The normalized spacial score (nSPS) is 18.2. The maximum Gasteiger partial charge on any atom is 0.322 e. The van der Waals surface area contributed by atoms with Crippen LogP contribution in [0, 0.1) is 34.5 Å². The van der Waals surface area contributed by atoms with E-state index < -0.39 is 77.3 Å². The third-order valence-electron chi connectivity index (χ3n) is 6.06. The van der Waals surface area contributed by atoms with Gasteiger partial charge >= 0.3 is 11.9 Å². The largest absolute Gasteiger partial charge is 0.481 e. The fourth-order valence-electron chi connectivity index (χ4n) is 3.85. The number of rotatable bonds is 14. The second-order valence-electron chi connectivity index (χ2n) is 9.37. The molecular weight excluding hydrogens is 632 g/mol. The minimum atomic E-state index is -1.47. The Bertz CT molecular complexity index is 1440. The Morgan fingerprint density at radius 2 is 1.78 bits per heavy atom. The Hall–Kier alpha value is -5.37. The first-order valence-electron chi connectivity index (χ1n) is 13.5. The Labute approximate surface area is 265 Å². The lowest BCUT2D eigenvalue weighted by Crippen LogP contribution is -2.57. The topological polar surface area (TPSA) is 265 Å². The fourth-order valence-corrected chi connectivity index (χ4v) is 4.90. The van der Waals surface area contributed by atoms with Gasteiger partial charge in [0.25, 0.3) is 11.6 Å². The molecule has 0 radical (unpaired) electrons. The molecule has 246 valence electrons. The Balaban J connectivity index is 2.39. The van der Waals surface area contributed by atoms with E-state index in [-0.39, 0.29) is 42.0 Å². The molecule has 1 aromatic rings. The second kappa shape index (κ2) is 19.1. The Morgan fingerprint density at radius 1 is 1.07 bits per heavy atom. The molecule has 7 N–H and O–H groups in total. The van der Waals surface area contributed by atoms with Crippen molar-refractivity contribution < 1.29 is 53.8 Å². The maximum absolute atomic E-state index is 13.4. The third-order valence-corrected chi connectivity index (χ3v) is 7.23. The summed E-state index contributed by atoms with van der Waals surface area (Å²) in [6, 6.07) is -0.833. The first kappa shape index (κ1) is 36.8. The van der Waals surface area contributed by atoms with Crippen LogP contribution in [0.4, 0.5) is 5.69 Å². The van der Waals surface area contributed by atoms with Crippen LogP contribution in [0.2, 0.25) is 0 Å². The van der Waals surface area contributed by atoms with Crippen LogP contribution in [0.5, 0.6) is 0 Å². The lowest BCUT2D eigenvalue weighted by atomic mass is 10.1. The van der Waals surface area contributed by atoms with E-state index in [0.29, 0.717) is 6.42 Å². The molecule has 0 saturated carbocycles. The zero-order valence-corrected chi connectivity index (χ0v) is 24.8. The van der Waals surface area contributed by atoms with Crippen LogP contribution in [0.1, 0.15) is 42.5 Å². The first-order chi connectivity index (χ1) is 21.9. The van der Waals surface area contributed by atoms with E-state index in [1.807, 2.05) is 5.92 Å². The van der Waals surface area contributed by atoms with Gasteiger partial charge in [-0.1, -0.05) is 4.99 Å². The lowest BCUT2D eigenvalue weighted by Gasteiger charge is -2.24. The molecule has 0 aliphatic carbocycles. The molecule has 4 amide bonds. The summed E-state index contributed by atoms with van der Waals surface area (Å²) in [6.45, 7) is -0.557. The van der Waals surface area contributed by atoms with E-state index >= 15 is 0 Å². The third kappa shape index (κ3) is 12.7. The number of benzene rings is 1. The van der Waals surface area contributed by atoms with Crippen molar-refractivity contribution in [3.63, 3.8) is 0 Å². The van der Waals surface area contributed by atoms with Gasteiger partial charge in [-0.05, 0) is 37.7 Å². The quantitative estimate of drug-likeness (QED) is 0.0417. The lowest BCUT2D eigenvalue weighted by molar-refractivity contribution is -0.384. The summed E-state index contributed by atoms with van der Waals surface area (Å²) in [7, 11) is 0. The number of thioether (sulfide) groups is 1. The molecule has 1 aliphatic heterocycles. The highest BCUT2D eigenvalue weighted by atomic mass is 32.2. The summed E-state index contributed by atoms with van der Waals surface area (Å²) < 4.78 is 0. The molecule has 18 nitrogen and oxygen atoms in total. The van der Waals surface area contributed by atoms with E-state index in [4.69, 9.17) is 11.5 Å². The van der Waals surface area contributed by atoms with Crippen molar-refractivity contribution in [3.8, 4) is 24.4 Å². The van der Waals surface area contributed by atoms with Crippen molar-refractivity contribution in [3.05, 3.63) is 33.9 Å². The standard InChI is InChI=1S/C27H30N6O12S/c1-2-3-12-44-45-29-11-5-4-6-18-26(40)32-20(25(39)28-14-23(36)37)15-46-21-9-7-16(33(42)43)13-17(21)24(38)30-19(27(41)31-18)8-10-22(34)35/h1,7,9,13,18-20,29H,4-6,8,10-11,14-15H2,(H,28,39)(H,30,38)(H,31,41)(H,32,40)(H,34,35)(H,36,37)/t18?,19?,20-/m0/s1. The van der Waals surface area contributed by atoms with Gasteiger partial charge in [-0.25, -0.2) is 0 Å². The van der Waals surface area contributed by atoms with Gasteiger partial charge in [-0.2, -0.15) is 5.48 Å². The number of nitrogens with zero attached hydrogens (tertiary/aromatic N) is 1. The van der Waals surface area contributed by atoms with Crippen LogP contribution in [-0.2, 0) is 33.8 Å². The van der Waals surface area contributed by atoms with Gasteiger partial charge in [0.2, 0.25) is 17.7 Å². The number of carboxylic acids is 2. The van der Waals surface area contributed by atoms with Gasteiger partial charge in [-0.3, -0.25) is 43.8 Å². The zero-order chi connectivity index (χ0) is 34.1. The number of non-ortho nitro benzene ring substituents is 1. The predicted octanol–water partition coefficient (Wildman–Crippen LogP) is -0.949. The fraction of sp³-hybridized carbons (Fsp3) is 0.407. The number of carboxylic acid groups (broad SMARTS) is 2. The maximum atomic E-state index is 13.4. The number of carbonyl (C=O) groups is 6. The van der Waals surface area contributed by atoms with Crippen molar-refractivity contribution in [1.29, 1.82) is 0 Å². The second-order valence-corrected chi connectivity index (χ2v) is 10.4. The molecule has 0 aromatic heterocycles. The van der Waals surface area contributed by atoms with Gasteiger partial charge < -0.3 is 31.5 Å². The number of amides is 4. The average molecular weight is 663 g/mol. The smallest absolute Gasteiger partial charge is 0.322 e. The van der Waals surface area contributed by atoms with Crippen molar-refractivity contribution in [2.45, 2.75) is 55.1 Å². The molecule has 0 saturated heterocycles. The van der Waals surface area contributed by atoms with Crippen LogP contribution in [0.3, 0.4) is 0 Å². The molecule has 0 spiro atoms. The first-order valence-corrected chi connectivity index (χ1v) is 14.5. The summed E-state index contributed by atoms with van der Waals surface area (Å²) in [5, 5.41) is 39.1. The number of unbranched alkanes of at least 4 members (excludes halogenated alkanes) is 1. The molecule has 2 unspecified atom stereocenters. The number of fused-ring (bicyclic) bond motifs is 1.